The number of sulfonamides is 1. The lowest BCUT2D eigenvalue weighted by Gasteiger charge is -2.08. The van der Waals surface area contributed by atoms with E-state index in [9.17, 15) is 21.6 Å². The summed E-state index contributed by atoms with van der Waals surface area (Å²) in [6.45, 7) is 1.31. The van der Waals surface area contributed by atoms with Gasteiger partial charge in [0.05, 0.1) is 11.9 Å². The summed E-state index contributed by atoms with van der Waals surface area (Å²) in [4.78, 5) is 16.1. The summed E-state index contributed by atoms with van der Waals surface area (Å²) in [7, 11) is -6.82. The van der Waals surface area contributed by atoms with E-state index in [0.717, 1.165) is 18.1 Å². The number of carbonyl (C=O) groups excluding carboxylic acids is 1. The number of nitrogens with one attached hydrogen (secondary N) is 2. The maximum Gasteiger partial charge on any atom is 0.244 e. The largest absolute Gasteiger partial charge is 0.301 e. The highest BCUT2D eigenvalue weighted by atomic mass is 32.2. The van der Waals surface area contributed by atoms with Gasteiger partial charge in [0, 0.05) is 22.9 Å². The van der Waals surface area contributed by atoms with Crippen molar-refractivity contribution in [1.82, 2.24) is 4.98 Å². The second-order valence-corrected chi connectivity index (χ2v) is 10.4. The third-order valence-corrected chi connectivity index (χ3v) is 6.09. The number of carbonyl (C=O) groups is 1. The number of hydrogen-bond acceptors (Lipinski definition) is 7. The van der Waals surface area contributed by atoms with Crippen molar-refractivity contribution in [3.8, 4) is 11.3 Å². The molecule has 2 aromatic rings. The number of hydrogen-bond donors (Lipinski definition) is 2. The van der Waals surface area contributed by atoms with E-state index in [2.05, 4.69) is 15.0 Å². The summed E-state index contributed by atoms with van der Waals surface area (Å²) in [6.07, 6.45) is 2.06. The van der Waals surface area contributed by atoms with E-state index in [1.807, 2.05) is 0 Å². The zero-order chi connectivity index (χ0) is 18.8. The van der Waals surface area contributed by atoms with Crippen molar-refractivity contribution in [2.45, 2.75) is 12.2 Å². The van der Waals surface area contributed by atoms with Gasteiger partial charge in [-0.1, -0.05) is 12.1 Å². The van der Waals surface area contributed by atoms with Crippen LogP contribution in [0.5, 0.6) is 0 Å². The number of amides is 1. The second kappa shape index (κ2) is 7.10. The van der Waals surface area contributed by atoms with Crippen LogP contribution in [0.4, 0.5) is 10.8 Å². The van der Waals surface area contributed by atoms with E-state index in [0.29, 0.717) is 11.4 Å². The predicted octanol–water partition coefficient (Wildman–Crippen LogP) is 1.55. The number of aromatic nitrogens is 1. The Kier molecular flexibility index (Phi) is 5.49. The third kappa shape index (κ3) is 5.51. The maximum absolute atomic E-state index is 11.9. The van der Waals surface area contributed by atoms with Gasteiger partial charge in [-0.25, -0.2) is 21.8 Å². The Morgan fingerprint density at radius 2 is 1.72 bits per heavy atom. The van der Waals surface area contributed by atoms with Gasteiger partial charge < -0.3 is 5.32 Å². The molecule has 0 spiro atoms. The molecule has 136 valence electrons. The van der Waals surface area contributed by atoms with E-state index >= 15 is 0 Å². The summed E-state index contributed by atoms with van der Waals surface area (Å²) < 4.78 is 47.5. The molecule has 0 fully saturated rings. The number of thiazole rings is 1. The summed E-state index contributed by atoms with van der Waals surface area (Å²) in [5, 5.41) is 3.31. The first-order valence-electron chi connectivity index (χ1n) is 6.99. The molecule has 2 rings (SSSR count). The van der Waals surface area contributed by atoms with Crippen molar-refractivity contribution in [3.63, 3.8) is 0 Å². The highest BCUT2D eigenvalue weighted by Crippen LogP contribution is 2.26. The first-order valence-corrected chi connectivity index (χ1v) is 11.7. The molecule has 1 atom stereocenters. The fourth-order valence-corrected chi connectivity index (χ4v) is 3.52. The fraction of sp³-hybridized carbons (Fsp3) is 0.286. The van der Waals surface area contributed by atoms with E-state index in [1.165, 1.54) is 18.3 Å². The Balaban J connectivity index is 2.12. The molecule has 0 bridgehead atoms. The van der Waals surface area contributed by atoms with Crippen LogP contribution in [0.25, 0.3) is 11.3 Å². The van der Waals surface area contributed by atoms with Crippen molar-refractivity contribution in [2.24, 2.45) is 0 Å². The van der Waals surface area contributed by atoms with Crippen LogP contribution in [0.15, 0.2) is 29.6 Å². The van der Waals surface area contributed by atoms with Gasteiger partial charge in [0.1, 0.15) is 5.25 Å². The molecule has 0 saturated carbocycles. The lowest BCUT2D eigenvalue weighted by Crippen LogP contribution is -2.31. The molecule has 0 radical (unpaired) electrons. The van der Waals surface area contributed by atoms with Gasteiger partial charge in [-0.15, -0.1) is 11.3 Å². The third-order valence-electron chi connectivity index (χ3n) is 3.23. The summed E-state index contributed by atoms with van der Waals surface area (Å²) >= 11 is 1.17. The molecule has 0 aliphatic rings. The number of anilines is 2. The average molecular weight is 404 g/mol. The van der Waals surface area contributed by atoms with Gasteiger partial charge in [-0.2, -0.15) is 0 Å². The van der Waals surface area contributed by atoms with Crippen molar-refractivity contribution in [2.75, 3.05) is 22.6 Å². The van der Waals surface area contributed by atoms with E-state index in [-0.39, 0.29) is 5.13 Å². The monoisotopic (exact) mass is 403 g/mol. The molecule has 0 saturated heterocycles. The molecule has 11 heteroatoms. The number of benzene rings is 1. The molecule has 0 aliphatic carbocycles. The Morgan fingerprint density at radius 3 is 2.24 bits per heavy atom. The standard InChI is InChI=1S/C14H17N3O5S3/c1-9(24(2,19)20)13(18)16-14-15-12(8-23-14)10-4-6-11(7-5-10)17-25(3,21)22/h4-9,17H,1-3H3,(H,15,16,18). The van der Waals surface area contributed by atoms with Crippen LogP contribution >= 0.6 is 11.3 Å². The van der Waals surface area contributed by atoms with E-state index in [1.54, 1.807) is 29.6 Å². The SMILES string of the molecule is CC(C(=O)Nc1nc(-c2ccc(NS(C)(=O)=O)cc2)cs1)S(C)(=O)=O. The number of sulfone groups is 1. The van der Waals surface area contributed by atoms with Crippen molar-refractivity contribution in [1.29, 1.82) is 0 Å². The van der Waals surface area contributed by atoms with Crippen LogP contribution in [0.3, 0.4) is 0 Å². The minimum atomic E-state index is -3.48. The molecule has 1 aromatic carbocycles. The van der Waals surface area contributed by atoms with Crippen LogP contribution < -0.4 is 10.0 Å². The van der Waals surface area contributed by atoms with Gasteiger partial charge >= 0.3 is 0 Å². The lowest BCUT2D eigenvalue weighted by atomic mass is 10.1. The number of rotatable bonds is 6. The number of nitrogens with zero attached hydrogens (tertiary/aromatic N) is 1. The van der Waals surface area contributed by atoms with Gasteiger partial charge in [-0.3, -0.25) is 9.52 Å². The van der Waals surface area contributed by atoms with Gasteiger partial charge in [0.2, 0.25) is 15.9 Å². The molecule has 1 aromatic heterocycles. The Labute approximate surface area is 150 Å². The highest BCUT2D eigenvalue weighted by Gasteiger charge is 2.24. The molecule has 0 aliphatic heterocycles. The van der Waals surface area contributed by atoms with Crippen molar-refractivity contribution >= 4 is 47.9 Å². The zero-order valence-electron chi connectivity index (χ0n) is 13.7. The van der Waals surface area contributed by atoms with E-state index < -0.39 is 31.0 Å². The molecular weight excluding hydrogens is 386 g/mol. The summed E-state index contributed by atoms with van der Waals surface area (Å²) in [6, 6.07) is 6.57. The molecule has 1 heterocycles. The van der Waals surface area contributed by atoms with E-state index in [4.69, 9.17) is 0 Å². The fourth-order valence-electron chi connectivity index (χ4n) is 1.79. The Bertz CT molecular complexity index is 979. The normalized spacial score (nSPS) is 13.2. The van der Waals surface area contributed by atoms with Crippen LogP contribution in [0, 0.1) is 0 Å². The minimum Gasteiger partial charge on any atom is -0.301 e. The maximum atomic E-state index is 11.9. The molecule has 1 unspecified atom stereocenters. The zero-order valence-corrected chi connectivity index (χ0v) is 16.1. The van der Waals surface area contributed by atoms with Crippen LogP contribution in [0.1, 0.15) is 6.92 Å². The summed E-state index contributed by atoms with van der Waals surface area (Å²) in [5.74, 6) is -0.642. The smallest absolute Gasteiger partial charge is 0.244 e. The Hall–Kier alpha value is -1.98. The van der Waals surface area contributed by atoms with Crippen LogP contribution in [-0.2, 0) is 24.7 Å². The summed E-state index contributed by atoms with van der Waals surface area (Å²) in [5.41, 5.74) is 1.74. The topological polar surface area (TPSA) is 122 Å². The lowest BCUT2D eigenvalue weighted by molar-refractivity contribution is -0.115. The van der Waals surface area contributed by atoms with Gasteiger partial charge in [-0.05, 0) is 19.1 Å². The average Bonchev–Trinajstić information content (AvgIpc) is 2.93. The van der Waals surface area contributed by atoms with Crippen LogP contribution in [-0.4, -0.2) is 45.5 Å². The van der Waals surface area contributed by atoms with Crippen LogP contribution in [0.2, 0.25) is 0 Å². The van der Waals surface area contributed by atoms with Gasteiger partial charge in [0.15, 0.2) is 15.0 Å². The minimum absolute atomic E-state index is 0.286. The Morgan fingerprint density at radius 1 is 1.12 bits per heavy atom. The van der Waals surface area contributed by atoms with Crippen molar-refractivity contribution < 1.29 is 21.6 Å². The molecule has 25 heavy (non-hydrogen) atoms. The predicted molar refractivity (Wildman–Crippen MR) is 99.0 cm³/mol. The van der Waals surface area contributed by atoms with Crippen molar-refractivity contribution in [3.05, 3.63) is 29.6 Å². The molecule has 8 nitrogen and oxygen atoms in total. The first-order chi connectivity index (χ1) is 11.5. The molecular formula is C14H17N3O5S3. The second-order valence-electron chi connectivity index (χ2n) is 5.45. The molecule has 2 N–H and O–H groups in total. The van der Waals surface area contributed by atoms with Gasteiger partial charge in [0.25, 0.3) is 0 Å². The molecule has 1 amide bonds. The first kappa shape index (κ1) is 19.3. The quantitative estimate of drug-likeness (QED) is 0.754. The highest BCUT2D eigenvalue weighted by molar-refractivity contribution is 7.92.